The highest BCUT2D eigenvalue weighted by Gasteiger charge is 2.27. The molecular weight excluding hydrogens is 310 g/mol. The monoisotopic (exact) mass is 329 g/mol. The molecule has 1 amide bonds. The van der Waals surface area contributed by atoms with E-state index in [0.717, 1.165) is 12.8 Å². The van der Waals surface area contributed by atoms with Gasteiger partial charge < -0.3 is 10.2 Å². The Morgan fingerprint density at radius 2 is 2.04 bits per heavy atom. The summed E-state index contributed by atoms with van der Waals surface area (Å²) < 4.78 is 0. The number of anilines is 1. The van der Waals surface area contributed by atoms with Crippen LogP contribution in [0, 0.1) is 21.4 Å². The highest BCUT2D eigenvalue weighted by Crippen LogP contribution is 2.30. The number of piperazine rings is 1. The normalized spacial score (nSPS) is 18.0. The van der Waals surface area contributed by atoms with E-state index in [2.05, 4.69) is 5.32 Å². The largest absolute Gasteiger partial charge is 0.363 e. The maximum absolute atomic E-state index is 11.8. The smallest absolute Gasteiger partial charge is 0.292 e. The molecule has 2 aliphatic rings. The van der Waals surface area contributed by atoms with Crippen molar-refractivity contribution in [1.82, 2.24) is 10.2 Å². The highest BCUT2D eigenvalue weighted by molar-refractivity contribution is 5.78. The first-order valence-electron chi connectivity index (χ1n) is 8.02. The molecule has 2 fully saturated rings. The third kappa shape index (κ3) is 3.81. The summed E-state index contributed by atoms with van der Waals surface area (Å²) in [5.74, 6) is 0.0448. The van der Waals surface area contributed by atoms with Gasteiger partial charge in [-0.2, -0.15) is 5.26 Å². The first-order chi connectivity index (χ1) is 11.6. The fourth-order valence-corrected chi connectivity index (χ4v) is 2.85. The minimum atomic E-state index is -0.425. The third-order valence-electron chi connectivity index (χ3n) is 4.32. The molecule has 1 aliphatic carbocycles. The molecule has 0 radical (unpaired) electrons. The maximum Gasteiger partial charge on any atom is 0.292 e. The average molecular weight is 329 g/mol. The van der Waals surface area contributed by atoms with Crippen molar-refractivity contribution in [1.29, 1.82) is 5.26 Å². The fraction of sp³-hybridized carbons (Fsp3) is 0.500. The maximum atomic E-state index is 11.8. The van der Waals surface area contributed by atoms with Gasteiger partial charge in [0.25, 0.3) is 5.69 Å². The molecule has 0 atom stereocenters. The number of hydrogen-bond donors (Lipinski definition) is 1. The van der Waals surface area contributed by atoms with Gasteiger partial charge in [0.2, 0.25) is 5.91 Å². The molecule has 8 nitrogen and oxygen atoms in total. The lowest BCUT2D eigenvalue weighted by atomic mass is 10.1. The molecule has 1 aromatic rings. The van der Waals surface area contributed by atoms with Crippen LogP contribution >= 0.6 is 0 Å². The molecule has 0 bridgehead atoms. The zero-order valence-electron chi connectivity index (χ0n) is 13.3. The van der Waals surface area contributed by atoms with Gasteiger partial charge in [-0.15, -0.1) is 0 Å². The molecular formula is C16H19N5O3. The molecule has 8 heteroatoms. The van der Waals surface area contributed by atoms with Crippen molar-refractivity contribution in [3.05, 3.63) is 33.9 Å². The van der Waals surface area contributed by atoms with Gasteiger partial charge in [0.05, 0.1) is 23.1 Å². The van der Waals surface area contributed by atoms with E-state index in [1.807, 2.05) is 15.9 Å². The van der Waals surface area contributed by atoms with Crippen LogP contribution in [0.15, 0.2) is 18.2 Å². The summed E-state index contributed by atoms with van der Waals surface area (Å²) in [6.45, 7) is 2.86. The Hall–Kier alpha value is -2.66. The Balaban J connectivity index is 1.62. The SMILES string of the molecule is N#Cc1ccc([N+](=O)[O-])c(N2CCN(CC(=O)NC3CC3)CC2)c1. The van der Waals surface area contributed by atoms with Crippen LogP contribution in [0.4, 0.5) is 11.4 Å². The quantitative estimate of drug-likeness (QED) is 0.635. The Morgan fingerprint density at radius 3 is 2.62 bits per heavy atom. The van der Waals surface area contributed by atoms with Crippen LogP contribution in [0.2, 0.25) is 0 Å². The number of rotatable bonds is 5. The van der Waals surface area contributed by atoms with Crippen molar-refractivity contribution < 1.29 is 9.72 Å². The van der Waals surface area contributed by atoms with Crippen molar-refractivity contribution in [3.8, 4) is 6.07 Å². The minimum Gasteiger partial charge on any atom is -0.363 e. The number of benzene rings is 1. The number of carbonyl (C=O) groups is 1. The van der Waals surface area contributed by atoms with Gasteiger partial charge in [0, 0.05) is 38.3 Å². The number of hydrogen-bond acceptors (Lipinski definition) is 6. The van der Waals surface area contributed by atoms with Gasteiger partial charge in [0.1, 0.15) is 5.69 Å². The molecule has 3 rings (SSSR count). The van der Waals surface area contributed by atoms with E-state index < -0.39 is 4.92 Å². The lowest BCUT2D eigenvalue weighted by Gasteiger charge is -2.35. The number of carbonyl (C=O) groups excluding carboxylic acids is 1. The van der Waals surface area contributed by atoms with Crippen LogP contribution in [-0.4, -0.2) is 54.5 Å². The number of amides is 1. The Morgan fingerprint density at radius 1 is 1.33 bits per heavy atom. The van der Waals surface area contributed by atoms with Crippen LogP contribution < -0.4 is 10.2 Å². The molecule has 0 spiro atoms. The first kappa shape index (κ1) is 16.2. The zero-order valence-corrected chi connectivity index (χ0v) is 13.3. The second kappa shape index (κ2) is 6.84. The van der Waals surface area contributed by atoms with Gasteiger partial charge >= 0.3 is 0 Å². The van der Waals surface area contributed by atoms with Gasteiger partial charge in [-0.3, -0.25) is 19.8 Å². The van der Waals surface area contributed by atoms with Gasteiger partial charge in [-0.25, -0.2) is 0 Å². The van der Waals surface area contributed by atoms with E-state index in [9.17, 15) is 14.9 Å². The summed E-state index contributed by atoms with van der Waals surface area (Å²) in [6, 6.07) is 6.78. The van der Waals surface area contributed by atoms with Crippen LogP contribution in [0.25, 0.3) is 0 Å². The summed E-state index contributed by atoms with van der Waals surface area (Å²) in [5, 5.41) is 23.2. The van der Waals surface area contributed by atoms with E-state index in [-0.39, 0.29) is 11.6 Å². The van der Waals surface area contributed by atoms with Crippen LogP contribution in [0.5, 0.6) is 0 Å². The van der Waals surface area contributed by atoms with E-state index in [0.29, 0.717) is 50.0 Å². The number of nitrogens with one attached hydrogen (secondary N) is 1. The molecule has 24 heavy (non-hydrogen) atoms. The third-order valence-corrected chi connectivity index (χ3v) is 4.32. The van der Waals surface area contributed by atoms with E-state index in [1.54, 1.807) is 6.07 Å². The van der Waals surface area contributed by atoms with Crippen molar-refractivity contribution >= 4 is 17.3 Å². The van der Waals surface area contributed by atoms with Gasteiger partial charge in [0.15, 0.2) is 0 Å². The summed E-state index contributed by atoms with van der Waals surface area (Å²) >= 11 is 0. The molecule has 1 N–H and O–H groups in total. The van der Waals surface area contributed by atoms with Crippen molar-refractivity contribution in [2.45, 2.75) is 18.9 Å². The molecule has 1 aliphatic heterocycles. The highest BCUT2D eigenvalue weighted by atomic mass is 16.6. The molecule has 0 unspecified atom stereocenters. The lowest BCUT2D eigenvalue weighted by Crippen LogP contribution is -2.49. The number of nitrogens with zero attached hydrogens (tertiary/aromatic N) is 4. The predicted molar refractivity (Wildman–Crippen MR) is 87.6 cm³/mol. The van der Waals surface area contributed by atoms with Crippen LogP contribution in [-0.2, 0) is 4.79 Å². The molecule has 1 saturated heterocycles. The number of nitro groups is 1. The standard InChI is InChI=1S/C16H19N5O3/c17-10-12-1-4-14(21(23)24)15(9-12)20-7-5-19(6-8-20)11-16(22)18-13-2-3-13/h1,4,9,13H,2-3,5-8,11H2,(H,18,22). The predicted octanol–water partition coefficient (Wildman–Crippen LogP) is 0.867. The topological polar surface area (TPSA) is 103 Å². The molecule has 1 saturated carbocycles. The summed E-state index contributed by atoms with van der Waals surface area (Å²) in [6.07, 6.45) is 2.14. The molecule has 1 aromatic carbocycles. The van der Waals surface area contributed by atoms with Gasteiger partial charge in [-0.1, -0.05) is 0 Å². The Kier molecular flexibility index (Phi) is 4.62. The van der Waals surface area contributed by atoms with Gasteiger partial charge in [-0.05, 0) is 25.0 Å². The first-order valence-corrected chi connectivity index (χ1v) is 8.02. The van der Waals surface area contributed by atoms with E-state index >= 15 is 0 Å². The summed E-state index contributed by atoms with van der Waals surface area (Å²) in [4.78, 5) is 26.6. The second-order valence-electron chi connectivity index (χ2n) is 6.18. The van der Waals surface area contributed by atoms with Crippen LogP contribution in [0.1, 0.15) is 18.4 Å². The minimum absolute atomic E-state index is 0.00827. The molecule has 1 heterocycles. The summed E-state index contributed by atoms with van der Waals surface area (Å²) in [5.41, 5.74) is 0.886. The van der Waals surface area contributed by atoms with Crippen molar-refractivity contribution in [2.75, 3.05) is 37.6 Å². The second-order valence-corrected chi connectivity index (χ2v) is 6.18. The number of nitro benzene ring substituents is 1. The summed E-state index contributed by atoms with van der Waals surface area (Å²) in [7, 11) is 0. The van der Waals surface area contributed by atoms with E-state index in [1.165, 1.54) is 12.1 Å². The number of nitriles is 1. The average Bonchev–Trinajstić information content (AvgIpc) is 3.38. The van der Waals surface area contributed by atoms with Crippen molar-refractivity contribution in [3.63, 3.8) is 0 Å². The van der Waals surface area contributed by atoms with Crippen molar-refractivity contribution in [2.24, 2.45) is 0 Å². The lowest BCUT2D eigenvalue weighted by molar-refractivity contribution is -0.384. The fourth-order valence-electron chi connectivity index (χ4n) is 2.85. The molecule has 126 valence electrons. The van der Waals surface area contributed by atoms with Crippen LogP contribution in [0.3, 0.4) is 0 Å². The zero-order chi connectivity index (χ0) is 17.1. The van der Waals surface area contributed by atoms with E-state index in [4.69, 9.17) is 5.26 Å². The molecule has 0 aromatic heterocycles. The Labute approximate surface area is 139 Å². The Bertz CT molecular complexity index is 687.